The number of aromatic amines is 1. The first kappa shape index (κ1) is 6.97. The zero-order valence-electron chi connectivity index (χ0n) is 6.04. The Kier molecular flexibility index (Phi) is 1.40. The van der Waals surface area contributed by atoms with Crippen molar-refractivity contribution >= 4 is 10.9 Å². The van der Waals surface area contributed by atoms with Gasteiger partial charge in [0.25, 0.3) is 0 Å². The second-order valence-corrected chi connectivity index (χ2v) is 2.39. The Hall–Kier alpha value is -1.71. The normalized spacial score (nSPS) is 10.4. The first-order chi connectivity index (χ1) is 5.77. The average Bonchev–Trinajstić information content (AvgIpc) is 2.07. The molecule has 2 rings (SSSR count). The van der Waals surface area contributed by atoms with Crippen molar-refractivity contribution in [3.63, 3.8) is 0 Å². The molecule has 2 heterocycles. The van der Waals surface area contributed by atoms with Crippen LogP contribution in [0.15, 0.2) is 29.3 Å². The third-order valence-electron chi connectivity index (χ3n) is 1.61. The third kappa shape index (κ3) is 0.972. The lowest BCUT2D eigenvalue weighted by Gasteiger charge is -1.94. The lowest BCUT2D eigenvalue weighted by atomic mass is 10.2. The Morgan fingerprint density at radius 1 is 1.50 bits per heavy atom. The molecule has 0 radical (unpaired) electrons. The minimum atomic E-state index is -0.640. The van der Waals surface area contributed by atoms with Gasteiger partial charge in [0.15, 0.2) is 5.43 Å². The number of halogens is 1. The van der Waals surface area contributed by atoms with Crippen molar-refractivity contribution in [2.75, 3.05) is 0 Å². The molecule has 60 valence electrons. The van der Waals surface area contributed by atoms with E-state index in [1.807, 2.05) is 0 Å². The van der Waals surface area contributed by atoms with Crippen LogP contribution in [0.25, 0.3) is 10.9 Å². The summed E-state index contributed by atoms with van der Waals surface area (Å²) < 4.78 is 12.6. The molecular formula is C8H5FN2O. The Bertz CT molecular complexity index is 478. The number of hydrogen-bond acceptors (Lipinski definition) is 2. The molecule has 0 aliphatic carbocycles. The van der Waals surface area contributed by atoms with Gasteiger partial charge in [-0.15, -0.1) is 0 Å². The number of aromatic nitrogens is 2. The molecule has 0 saturated heterocycles. The van der Waals surface area contributed by atoms with Gasteiger partial charge in [0.2, 0.25) is 5.95 Å². The lowest BCUT2D eigenvalue weighted by Crippen LogP contribution is -2.00. The Balaban J connectivity index is 2.98. The van der Waals surface area contributed by atoms with Crippen LogP contribution in [0.2, 0.25) is 0 Å². The van der Waals surface area contributed by atoms with E-state index in [0.717, 1.165) is 6.07 Å². The number of fused-ring (bicyclic) bond motifs is 1. The number of nitrogens with one attached hydrogen (secondary N) is 1. The Labute approximate surface area is 66.9 Å². The third-order valence-corrected chi connectivity index (χ3v) is 1.61. The minimum Gasteiger partial charge on any atom is -0.360 e. The molecule has 3 nitrogen and oxygen atoms in total. The summed E-state index contributed by atoms with van der Waals surface area (Å²) >= 11 is 0. The second-order valence-electron chi connectivity index (χ2n) is 2.39. The molecule has 0 unspecified atom stereocenters. The quantitative estimate of drug-likeness (QED) is 0.592. The van der Waals surface area contributed by atoms with E-state index in [1.165, 1.54) is 18.5 Å². The molecule has 0 amide bonds. The van der Waals surface area contributed by atoms with Crippen LogP contribution < -0.4 is 5.43 Å². The first-order valence-corrected chi connectivity index (χ1v) is 3.40. The van der Waals surface area contributed by atoms with Gasteiger partial charge in [-0.3, -0.25) is 4.79 Å². The molecule has 0 saturated carbocycles. The van der Waals surface area contributed by atoms with Crippen LogP contribution >= 0.6 is 0 Å². The molecular weight excluding hydrogens is 159 g/mol. The maximum atomic E-state index is 12.6. The standard InChI is InChI=1S/C8H5FN2O/c9-8-3-5-6(4-11-8)10-2-1-7(5)12/h1-4H,(H,10,12). The number of nitrogens with zero attached hydrogens (tertiary/aromatic N) is 1. The van der Waals surface area contributed by atoms with Gasteiger partial charge in [-0.2, -0.15) is 4.39 Å². The van der Waals surface area contributed by atoms with E-state index in [-0.39, 0.29) is 5.43 Å². The van der Waals surface area contributed by atoms with Crippen molar-refractivity contribution in [1.82, 2.24) is 9.97 Å². The first-order valence-electron chi connectivity index (χ1n) is 3.40. The summed E-state index contributed by atoms with van der Waals surface area (Å²) in [6, 6.07) is 2.47. The van der Waals surface area contributed by atoms with Gasteiger partial charge in [-0.05, 0) is 0 Å². The van der Waals surface area contributed by atoms with Crippen LogP contribution in [0.1, 0.15) is 0 Å². The highest BCUT2D eigenvalue weighted by Crippen LogP contribution is 2.04. The monoisotopic (exact) mass is 164 g/mol. The van der Waals surface area contributed by atoms with Gasteiger partial charge < -0.3 is 4.98 Å². The molecule has 0 atom stereocenters. The predicted octanol–water partition coefficient (Wildman–Crippen LogP) is 1.06. The van der Waals surface area contributed by atoms with Crippen molar-refractivity contribution in [3.05, 3.63) is 40.7 Å². The van der Waals surface area contributed by atoms with E-state index in [1.54, 1.807) is 0 Å². The van der Waals surface area contributed by atoms with Crippen LogP contribution in [-0.2, 0) is 0 Å². The average molecular weight is 164 g/mol. The van der Waals surface area contributed by atoms with Gasteiger partial charge in [-0.1, -0.05) is 0 Å². The SMILES string of the molecule is O=c1cc[nH]c2cnc(F)cc12. The lowest BCUT2D eigenvalue weighted by molar-refractivity contribution is 0.586. The fourth-order valence-corrected chi connectivity index (χ4v) is 1.05. The van der Waals surface area contributed by atoms with E-state index < -0.39 is 5.95 Å². The summed E-state index contributed by atoms with van der Waals surface area (Å²) in [6.07, 6.45) is 2.80. The molecule has 0 fully saturated rings. The van der Waals surface area contributed by atoms with E-state index in [0.29, 0.717) is 10.9 Å². The summed E-state index contributed by atoms with van der Waals surface area (Å²) in [5.74, 6) is -0.640. The van der Waals surface area contributed by atoms with Crippen LogP contribution in [0.3, 0.4) is 0 Å². The zero-order valence-corrected chi connectivity index (χ0v) is 6.04. The maximum Gasteiger partial charge on any atom is 0.213 e. The Morgan fingerprint density at radius 2 is 2.33 bits per heavy atom. The van der Waals surface area contributed by atoms with Crippen LogP contribution in [0.4, 0.5) is 4.39 Å². The fraction of sp³-hybridized carbons (Fsp3) is 0. The van der Waals surface area contributed by atoms with Crippen molar-refractivity contribution in [1.29, 1.82) is 0 Å². The smallest absolute Gasteiger partial charge is 0.213 e. The predicted molar refractivity (Wildman–Crippen MR) is 42.3 cm³/mol. The molecule has 0 spiro atoms. The topological polar surface area (TPSA) is 45.8 Å². The molecule has 0 aromatic carbocycles. The highest BCUT2D eigenvalue weighted by Gasteiger charge is 1.98. The summed E-state index contributed by atoms with van der Waals surface area (Å²) in [7, 11) is 0. The van der Waals surface area contributed by atoms with E-state index >= 15 is 0 Å². The van der Waals surface area contributed by atoms with Crippen molar-refractivity contribution in [3.8, 4) is 0 Å². The largest absolute Gasteiger partial charge is 0.360 e. The summed E-state index contributed by atoms with van der Waals surface area (Å²) in [4.78, 5) is 17.3. The molecule has 1 N–H and O–H groups in total. The van der Waals surface area contributed by atoms with E-state index in [9.17, 15) is 9.18 Å². The van der Waals surface area contributed by atoms with Crippen molar-refractivity contribution in [2.24, 2.45) is 0 Å². The van der Waals surface area contributed by atoms with Gasteiger partial charge in [-0.25, -0.2) is 4.98 Å². The minimum absolute atomic E-state index is 0.204. The highest BCUT2D eigenvalue weighted by atomic mass is 19.1. The van der Waals surface area contributed by atoms with Crippen LogP contribution in [0.5, 0.6) is 0 Å². The maximum absolute atomic E-state index is 12.6. The van der Waals surface area contributed by atoms with Gasteiger partial charge in [0.05, 0.1) is 17.1 Å². The van der Waals surface area contributed by atoms with E-state index in [4.69, 9.17) is 0 Å². The van der Waals surface area contributed by atoms with Crippen LogP contribution in [0, 0.1) is 5.95 Å². The summed E-state index contributed by atoms with van der Waals surface area (Å²) in [5.41, 5.74) is 0.342. The van der Waals surface area contributed by atoms with E-state index in [2.05, 4.69) is 9.97 Å². The fourth-order valence-electron chi connectivity index (χ4n) is 1.05. The molecule has 2 aromatic heterocycles. The van der Waals surface area contributed by atoms with Gasteiger partial charge >= 0.3 is 0 Å². The molecule has 2 aromatic rings. The molecule has 0 aliphatic heterocycles. The van der Waals surface area contributed by atoms with Gasteiger partial charge in [0.1, 0.15) is 0 Å². The summed E-state index contributed by atoms with van der Waals surface area (Å²) in [6.45, 7) is 0. The van der Waals surface area contributed by atoms with Crippen LogP contribution in [-0.4, -0.2) is 9.97 Å². The molecule has 0 aliphatic rings. The second kappa shape index (κ2) is 2.41. The van der Waals surface area contributed by atoms with Crippen molar-refractivity contribution < 1.29 is 4.39 Å². The molecule has 12 heavy (non-hydrogen) atoms. The highest BCUT2D eigenvalue weighted by molar-refractivity contribution is 5.76. The van der Waals surface area contributed by atoms with Gasteiger partial charge in [0, 0.05) is 18.3 Å². The Morgan fingerprint density at radius 3 is 3.17 bits per heavy atom. The number of rotatable bonds is 0. The molecule has 0 bridgehead atoms. The zero-order chi connectivity index (χ0) is 8.55. The number of pyridine rings is 2. The summed E-state index contributed by atoms with van der Waals surface area (Å²) in [5, 5.41) is 0.324. The van der Waals surface area contributed by atoms with Crippen molar-refractivity contribution in [2.45, 2.75) is 0 Å². The number of hydrogen-bond donors (Lipinski definition) is 1. The number of H-pyrrole nitrogens is 1. The molecule has 4 heteroatoms.